The first-order valence-electron chi connectivity index (χ1n) is 9.17. The van der Waals surface area contributed by atoms with E-state index in [2.05, 4.69) is 27.4 Å². The smallest absolute Gasteiger partial charge is 0.269 e. The SMILES string of the molecule is Cc1nc(C)c(C(=O)Nc2nc(-c3cc4c5c(c3)CCN5C(=O)CC4)cs2)s1. The van der Waals surface area contributed by atoms with E-state index in [1.807, 2.05) is 24.1 Å². The molecule has 0 fully saturated rings. The summed E-state index contributed by atoms with van der Waals surface area (Å²) >= 11 is 2.81. The molecule has 0 radical (unpaired) electrons. The molecule has 0 unspecified atom stereocenters. The molecular formula is C20H18N4O2S2. The van der Waals surface area contributed by atoms with Crippen molar-refractivity contribution in [3.8, 4) is 11.3 Å². The van der Waals surface area contributed by atoms with Gasteiger partial charge >= 0.3 is 0 Å². The molecule has 2 aliphatic rings. The summed E-state index contributed by atoms with van der Waals surface area (Å²) in [4.78, 5) is 36.1. The first-order valence-corrected chi connectivity index (χ1v) is 10.9. The topological polar surface area (TPSA) is 75.2 Å². The van der Waals surface area contributed by atoms with Crippen molar-refractivity contribution < 1.29 is 9.59 Å². The first-order chi connectivity index (χ1) is 13.5. The van der Waals surface area contributed by atoms with Crippen LogP contribution in [0.2, 0.25) is 0 Å². The molecule has 6 nitrogen and oxygen atoms in total. The van der Waals surface area contributed by atoms with E-state index in [0.29, 0.717) is 16.4 Å². The molecule has 2 aliphatic heterocycles. The van der Waals surface area contributed by atoms with E-state index in [0.717, 1.165) is 47.0 Å². The van der Waals surface area contributed by atoms with Crippen molar-refractivity contribution in [2.75, 3.05) is 16.8 Å². The number of anilines is 2. The lowest BCUT2D eigenvalue weighted by Crippen LogP contribution is -2.32. The zero-order valence-electron chi connectivity index (χ0n) is 15.5. The molecule has 0 atom stereocenters. The van der Waals surface area contributed by atoms with Crippen molar-refractivity contribution >= 4 is 45.3 Å². The number of rotatable bonds is 3. The summed E-state index contributed by atoms with van der Waals surface area (Å²) in [5.74, 6) is 0.0634. The largest absolute Gasteiger partial charge is 0.312 e. The Morgan fingerprint density at radius 3 is 2.68 bits per heavy atom. The summed E-state index contributed by atoms with van der Waals surface area (Å²) in [5, 5.41) is 6.32. The number of hydrogen-bond acceptors (Lipinski definition) is 6. The fourth-order valence-electron chi connectivity index (χ4n) is 3.97. The quantitative estimate of drug-likeness (QED) is 0.709. The van der Waals surface area contributed by atoms with E-state index in [-0.39, 0.29) is 11.8 Å². The number of hydrogen-bond donors (Lipinski definition) is 1. The lowest BCUT2D eigenvalue weighted by Gasteiger charge is -2.25. The third kappa shape index (κ3) is 2.84. The molecule has 28 heavy (non-hydrogen) atoms. The van der Waals surface area contributed by atoms with Gasteiger partial charge in [-0.2, -0.15) is 0 Å². The third-order valence-corrected chi connectivity index (χ3v) is 7.01. The molecule has 1 N–H and O–H groups in total. The number of nitrogens with zero attached hydrogens (tertiary/aromatic N) is 3. The van der Waals surface area contributed by atoms with Gasteiger partial charge < -0.3 is 4.90 Å². The van der Waals surface area contributed by atoms with E-state index in [4.69, 9.17) is 0 Å². The number of carbonyl (C=O) groups is 2. The lowest BCUT2D eigenvalue weighted by atomic mass is 9.96. The number of thiazole rings is 2. The molecule has 8 heteroatoms. The molecule has 2 aromatic heterocycles. The van der Waals surface area contributed by atoms with Crippen LogP contribution in [0.25, 0.3) is 11.3 Å². The molecule has 4 heterocycles. The second kappa shape index (κ2) is 6.49. The Bertz CT molecular complexity index is 1130. The van der Waals surface area contributed by atoms with Gasteiger partial charge in [-0.1, -0.05) is 0 Å². The van der Waals surface area contributed by atoms with Crippen LogP contribution in [0.3, 0.4) is 0 Å². The fraction of sp³-hybridized carbons (Fsp3) is 0.300. The minimum absolute atomic E-state index is 0.165. The molecule has 0 aliphatic carbocycles. The van der Waals surface area contributed by atoms with Gasteiger partial charge in [0, 0.05) is 23.9 Å². The fourth-order valence-corrected chi connectivity index (χ4v) is 5.50. The van der Waals surface area contributed by atoms with Gasteiger partial charge in [0.25, 0.3) is 5.91 Å². The zero-order valence-corrected chi connectivity index (χ0v) is 17.2. The van der Waals surface area contributed by atoms with E-state index in [1.165, 1.54) is 33.8 Å². The van der Waals surface area contributed by atoms with Gasteiger partial charge in [-0.25, -0.2) is 9.97 Å². The van der Waals surface area contributed by atoms with Crippen LogP contribution in [0.5, 0.6) is 0 Å². The Morgan fingerprint density at radius 1 is 1.14 bits per heavy atom. The van der Waals surface area contributed by atoms with Gasteiger partial charge in [0.15, 0.2) is 5.13 Å². The average Bonchev–Trinajstić information content (AvgIpc) is 3.37. The van der Waals surface area contributed by atoms with Crippen molar-refractivity contribution in [3.63, 3.8) is 0 Å². The summed E-state index contributed by atoms with van der Waals surface area (Å²) in [6.07, 6.45) is 2.24. The van der Waals surface area contributed by atoms with Crippen LogP contribution in [-0.2, 0) is 17.6 Å². The molecule has 0 saturated carbocycles. The van der Waals surface area contributed by atoms with Crippen molar-refractivity contribution in [3.05, 3.63) is 44.2 Å². The van der Waals surface area contributed by atoms with Gasteiger partial charge in [-0.05, 0) is 49.9 Å². The molecule has 142 valence electrons. The second-order valence-corrected chi connectivity index (χ2v) is 9.14. The number of aromatic nitrogens is 2. The second-order valence-electron chi connectivity index (χ2n) is 7.08. The van der Waals surface area contributed by atoms with Crippen LogP contribution in [0, 0.1) is 13.8 Å². The number of amides is 2. The van der Waals surface area contributed by atoms with Gasteiger partial charge in [0.2, 0.25) is 5.91 Å². The van der Waals surface area contributed by atoms with E-state index < -0.39 is 0 Å². The van der Waals surface area contributed by atoms with Crippen LogP contribution >= 0.6 is 22.7 Å². The first kappa shape index (κ1) is 17.5. The van der Waals surface area contributed by atoms with Crippen molar-refractivity contribution in [1.29, 1.82) is 0 Å². The highest BCUT2D eigenvalue weighted by atomic mass is 32.1. The van der Waals surface area contributed by atoms with Crippen LogP contribution in [0.4, 0.5) is 10.8 Å². The van der Waals surface area contributed by atoms with Gasteiger partial charge in [0.05, 0.1) is 22.1 Å². The van der Waals surface area contributed by atoms with Gasteiger partial charge in [0.1, 0.15) is 4.88 Å². The van der Waals surface area contributed by atoms with Crippen molar-refractivity contribution in [2.24, 2.45) is 0 Å². The standard InChI is InChI=1S/C20H18N4O2S2/c1-10-18(28-11(2)21-10)19(26)23-20-22-15(9-27-20)14-7-12-3-4-16(25)24-6-5-13(8-14)17(12)24/h7-9H,3-6H2,1-2H3,(H,22,23,26). The van der Waals surface area contributed by atoms with Gasteiger partial charge in [-0.15, -0.1) is 22.7 Å². The maximum absolute atomic E-state index is 12.5. The monoisotopic (exact) mass is 410 g/mol. The van der Waals surface area contributed by atoms with E-state index in [9.17, 15) is 9.59 Å². The maximum Gasteiger partial charge on any atom is 0.269 e. The number of benzene rings is 1. The minimum Gasteiger partial charge on any atom is -0.312 e. The number of carbonyl (C=O) groups excluding carboxylic acids is 2. The lowest BCUT2D eigenvalue weighted by molar-refractivity contribution is -0.118. The summed E-state index contributed by atoms with van der Waals surface area (Å²) in [6.45, 7) is 4.51. The Kier molecular flexibility index (Phi) is 4.06. The minimum atomic E-state index is -0.165. The predicted octanol–water partition coefficient (Wildman–Crippen LogP) is 3.97. The van der Waals surface area contributed by atoms with E-state index >= 15 is 0 Å². The Balaban J connectivity index is 1.42. The summed E-state index contributed by atoms with van der Waals surface area (Å²) in [5.41, 5.74) is 6.20. The zero-order chi connectivity index (χ0) is 19.4. The summed E-state index contributed by atoms with van der Waals surface area (Å²) in [6, 6.07) is 4.27. The average molecular weight is 411 g/mol. The summed E-state index contributed by atoms with van der Waals surface area (Å²) in [7, 11) is 0. The number of nitrogens with one attached hydrogen (secondary N) is 1. The summed E-state index contributed by atoms with van der Waals surface area (Å²) < 4.78 is 0. The number of aryl methyl sites for hydroxylation is 3. The molecular weight excluding hydrogens is 392 g/mol. The Morgan fingerprint density at radius 2 is 1.93 bits per heavy atom. The molecule has 3 aromatic rings. The van der Waals surface area contributed by atoms with Gasteiger partial charge in [-0.3, -0.25) is 14.9 Å². The normalized spacial score (nSPS) is 15.1. The molecule has 2 amide bonds. The predicted molar refractivity (Wildman–Crippen MR) is 111 cm³/mol. The van der Waals surface area contributed by atoms with Crippen LogP contribution in [-0.4, -0.2) is 28.3 Å². The Hall–Kier alpha value is -2.58. The third-order valence-electron chi connectivity index (χ3n) is 5.18. The van der Waals surface area contributed by atoms with E-state index in [1.54, 1.807) is 0 Å². The molecule has 0 saturated heterocycles. The van der Waals surface area contributed by atoms with Crippen LogP contribution in [0.1, 0.15) is 37.9 Å². The molecule has 0 spiro atoms. The molecule has 5 rings (SSSR count). The molecule has 0 bridgehead atoms. The molecule has 1 aromatic carbocycles. The van der Waals surface area contributed by atoms with Crippen molar-refractivity contribution in [1.82, 2.24) is 9.97 Å². The van der Waals surface area contributed by atoms with Crippen molar-refractivity contribution in [2.45, 2.75) is 33.1 Å². The highest BCUT2D eigenvalue weighted by molar-refractivity contribution is 7.15. The highest BCUT2D eigenvalue weighted by Gasteiger charge is 2.31. The van der Waals surface area contributed by atoms with Crippen LogP contribution < -0.4 is 10.2 Å². The maximum atomic E-state index is 12.5. The Labute approximate surface area is 170 Å². The highest BCUT2D eigenvalue weighted by Crippen LogP contribution is 2.40. The van der Waals surface area contributed by atoms with Crippen LogP contribution in [0.15, 0.2) is 17.5 Å².